The van der Waals surface area contributed by atoms with Crippen LogP contribution in [0.3, 0.4) is 0 Å². The molecular formula is C115H144N18. The van der Waals surface area contributed by atoms with E-state index in [4.69, 9.17) is 20.4 Å². The van der Waals surface area contributed by atoms with Gasteiger partial charge in [0.1, 0.15) is 49.7 Å². The summed E-state index contributed by atoms with van der Waals surface area (Å²) in [4.78, 5) is 5.19. The molecule has 1 aliphatic rings. The summed E-state index contributed by atoms with van der Waals surface area (Å²) < 4.78 is 5.72. The Morgan fingerprint density at radius 1 is 0.158 bits per heavy atom. The van der Waals surface area contributed by atoms with Crippen LogP contribution in [0.2, 0.25) is 0 Å². The highest BCUT2D eigenvalue weighted by molar-refractivity contribution is 6.04. The Balaban J connectivity index is 0.000000138. The Hall–Kier alpha value is -12.2. The summed E-state index contributed by atoms with van der Waals surface area (Å²) in [7, 11) is 9.72. The molecule has 11 aromatic carbocycles. The number of benzene rings is 11. The van der Waals surface area contributed by atoms with Crippen molar-refractivity contribution in [2.45, 2.75) is 303 Å². The largest absolute Gasteiger partial charge is 0.247 e. The SMILES string of the molecule is Cc1c(C)c(-c2c(C)c(C)c3c(nnn3C)c2C)c(C)c(C)c1-c1c(C)c(C)c2c(nnn2C)c1C.Cc1c(C)c(C)c(-c2c(C)c(C)c(C)c3nn(C)nc23)c(C)c1C.Cc1c(C)c(C)c(-n2nc3c(C)c(C)c(C)c(C)c3n2)c(C)c1C.Cc1c(C)c(C)c2c(c1C)-c1c(C)c(C)c(-c3c(C)c(C)c(C)c4c3nnn4C)c(C)c1C2(C)C.Cc1c(C)c(C)c2nn(C)nc2c1C. The van der Waals surface area contributed by atoms with Crippen molar-refractivity contribution in [1.82, 2.24) is 90.0 Å². The van der Waals surface area contributed by atoms with Crippen LogP contribution in [0, 0.1) is 284 Å². The van der Waals surface area contributed by atoms with Gasteiger partial charge in [-0.2, -0.15) is 30.0 Å². The standard InChI is InChI=1S/C32H39N3.C30H36N6.2C21H27N3.C11H15N3/c1-14-15(2)21(8)28-25(17(14)4)26-20(7)19(6)24(23(10)29(26)32(28,11)12)27-18(5)16(3)22(9)31-30(27)33-34-35(31)13;1-13-14(2)24(26-18(6)20(8)30-28(22(26)10)32-34-36(30)12)16(4)15(3)23(13)25-17(5)19(7)29-27(21(25)9)31-33-35(29)11;1-10-13(4)17(8)21(18(9)14(10)5)24-22-19-15(6)11(2)12(3)16(7)20(19)23-24;1-10-11(2)14(5)18(15(6)12(10)3)19-16(7)13(4)17(8)20-21(19)23-24(9)22-20;1-6-7(2)9(4)11-10(8(6)3)12-14(5)13-11/h1-13H3;1-12H3;2*1-9H3;1-5H3. The molecule has 0 unspecified atom stereocenters. The third-order valence-corrected chi connectivity index (χ3v) is 33.8. The first-order chi connectivity index (χ1) is 62.0. The highest BCUT2D eigenvalue weighted by atomic mass is 15.5. The average molecular weight is 1780 g/mol. The second-order valence-electron chi connectivity index (χ2n) is 40.3. The first kappa shape index (κ1) is 96.9. The van der Waals surface area contributed by atoms with Crippen LogP contribution in [-0.4, -0.2) is 90.0 Å². The number of hydrogen-bond donors (Lipinski definition) is 0. The normalized spacial score (nSPS) is 12.3. The van der Waals surface area contributed by atoms with Crippen molar-refractivity contribution in [3.63, 3.8) is 0 Å². The van der Waals surface area contributed by atoms with Gasteiger partial charge < -0.3 is 0 Å². The maximum absolute atomic E-state index is 4.88. The van der Waals surface area contributed by atoms with Gasteiger partial charge in [0.25, 0.3) is 0 Å². The maximum Gasteiger partial charge on any atom is 0.121 e. The second-order valence-corrected chi connectivity index (χ2v) is 40.3. The molecule has 0 fully saturated rings. The Morgan fingerprint density at radius 2 is 0.353 bits per heavy atom. The van der Waals surface area contributed by atoms with Crippen LogP contribution in [-0.2, 0) is 40.7 Å². The zero-order valence-electron chi connectivity index (χ0n) is 89.5. The van der Waals surface area contributed by atoms with E-state index >= 15 is 0 Å². The number of fused-ring (bicyclic) bond motifs is 9. The molecule has 18 rings (SSSR count). The predicted octanol–water partition coefficient (Wildman–Crippen LogP) is 27.2. The van der Waals surface area contributed by atoms with Gasteiger partial charge in [-0.1, -0.05) is 29.5 Å². The third-order valence-electron chi connectivity index (χ3n) is 33.8. The molecule has 18 nitrogen and oxygen atoms in total. The molecule has 1 aliphatic carbocycles. The van der Waals surface area contributed by atoms with E-state index in [1.165, 1.54) is 295 Å². The average Bonchev–Trinajstić information content (AvgIpc) is 1.52. The van der Waals surface area contributed by atoms with Crippen LogP contribution >= 0.6 is 0 Å². The number of hydrogen-bond acceptors (Lipinski definition) is 12. The van der Waals surface area contributed by atoms with Gasteiger partial charge in [-0.3, -0.25) is 0 Å². The maximum atomic E-state index is 4.88. The minimum absolute atomic E-state index is 0.0651. The van der Waals surface area contributed by atoms with E-state index in [1.807, 2.05) is 54.1 Å². The van der Waals surface area contributed by atoms with Crippen LogP contribution in [0.15, 0.2) is 0 Å². The first-order valence-corrected chi connectivity index (χ1v) is 47.3. The molecule has 0 atom stereocenters. The van der Waals surface area contributed by atoms with Crippen LogP contribution in [0.5, 0.6) is 0 Å². The molecule has 0 saturated heterocycles. The van der Waals surface area contributed by atoms with Gasteiger partial charge in [0.2, 0.25) is 0 Å². The Bertz CT molecular complexity index is 7610. The van der Waals surface area contributed by atoms with Gasteiger partial charge in [-0.05, 0) is 568 Å². The zero-order valence-corrected chi connectivity index (χ0v) is 89.5. The van der Waals surface area contributed by atoms with Crippen molar-refractivity contribution in [3.8, 4) is 61.3 Å². The van der Waals surface area contributed by atoms with Gasteiger partial charge in [-0.15, -0.1) is 30.3 Å². The van der Waals surface area contributed by atoms with Gasteiger partial charge in [0.15, 0.2) is 0 Å². The molecule has 0 bridgehead atoms. The van der Waals surface area contributed by atoms with Gasteiger partial charge in [0.05, 0.1) is 22.2 Å². The molecule has 0 radical (unpaired) electrons. The van der Waals surface area contributed by atoms with E-state index in [0.29, 0.717) is 0 Å². The summed E-state index contributed by atoms with van der Waals surface area (Å²) in [6, 6.07) is 0. The Labute approximate surface area is 790 Å². The van der Waals surface area contributed by atoms with Gasteiger partial charge >= 0.3 is 0 Å². The molecule has 18 heteroatoms. The fourth-order valence-electron chi connectivity index (χ4n) is 22.9. The second kappa shape index (κ2) is 34.4. The number of aryl methyl sites for hydroxylation is 15. The van der Waals surface area contributed by atoms with E-state index in [-0.39, 0.29) is 5.41 Å². The Morgan fingerprint density at radius 3 is 0.714 bits per heavy atom. The predicted molar refractivity (Wildman–Crippen MR) is 558 cm³/mol. The topological polar surface area (TPSA) is 184 Å². The third kappa shape index (κ3) is 14.5. The molecule has 6 heterocycles. The molecule has 0 saturated carbocycles. The van der Waals surface area contributed by atoms with Crippen molar-refractivity contribution < 1.29 is 0 Å². The molecule has 0 amide bonds. The first-order valence-electron chi connectivity index (χ1n) is 47.3. The van der Waals surface area contributed by atoms with Gasteiger partial charge in [-0.25, -0.2) is 14.0 Å². The molecule has 0 N–H and O–H groups in total. The lowest BCUT2D eigenvalue weighted by Gasteiger charge is -2.29. The molecule has 0 spiro atoms. The molecule has 133 heavy (non-hydrogen) atoms. The van der Waals surface area contributed by atoms with Crippen molar-refractivity contribution in [2.24, 2.45) is 35.2 Å². The van der Waals surface area contributed by atoms with E-state index in [9.17, 15) is 0 Å². The minimum Gasteiger partial charge on any atom is -0.247 e. The monoisotopic (exact) mass is 1780 g/mol. The van der Waals surface area contributed by atoms with Crippen molar-refractivity contribution in [3.05, 3.63) is 239 Å². The number of nitrogens with zero attached hydrogens (tertiary/aromatic N) is 18. The van der Waals surface area contributed by atoms with E-state index < -0.39 is 0 Å². The molecule has 0 aliphatic heterocycles. The van der Waals surface area contributed by atoms with Crippen molar-refractivity contribution in [1.29, 1.82) is 0 Å². The molecule has 17 aromatic rings. The van der Waals surface area contributed by atoms with Gasteiger partial charge in [0, 0.05) is 51.8 Å². The number of aromatic nitrogens is 18. The summed E-state index contributed by atoms with van der Waals surface area (Å²) in [5.74, 6) is 0. The highest BCUT2D eigenvalue weighted by Crippen LogP contribution is 2.58. The highest BCUT2D eigenvalue weighted by Gasteiger charge is 2.43. The molecule has 694 valence electrons. The lowest BCUT2D eigenvalue weighted by Crippen LogP contribution is -2.19. The van der Waals surface area contributed by atoms with Crippen LogP contribution in [0.4, 0.5) is 0 Å². The fourth-order valence-corrected chi connectivity index (χ4v) is 22.9. The lowest BCUT2D eigenvalue weighted by molar-refractivity contribution is 0.649. The molecule has 6 aromatic heterocycles. The van der Waals surface area contributed by atoms with Crippen LogP contribution in [0.1, 0.15) is 253 Å². The van der Waals surface area contributed by atoms with E-state index in [2.05, 4.69) is 339 Å². The summed E-state index contributed by atoms with van der Waals surface area (Å²) in [6.45, 7) is 95.9. The summed E-state index contributed by atoms with van der Waals surface area (Å²) in [5, 5.41) is 54.8. The number of rotatable bonds is 5. The van der Waals surface area contributed by atoms with Crippen molar-refractivity contribution >= 4 is 66.2 Å². The van der Waals surface area contributed by atoms with Crippen molar-refractivity contribution in [2.75, 3.05) is 0 Å². The van der Waals surface area contributed by atoms with Crippen LogP contribution < -0.4 is 0 Å². The Kier molecular flexibility index (Phi) is 25.0. The fraction of sp³-hybridized carbons (Fsp3) is 0.426. The quantitative estimate of drug-likeness (QED) is 0.159. The van der Waals surface area contributed by atoms with E-state index in [0.717, 1.165) is 71.9 Å². The molecular weight excluding hydrogens is 1630 g/mol. The smallest absolute Gasteiger partial charge is 0.121 e. The summed E-state index contributed by atoms with van der Waals surface area (Å²) >= 11 is 0. The summed E-state index contributed by atoms with van der Waals surface area (Å²) in [5.41, 5.74) is 84.0. The lowest BCUT2D eigenvalue weighted by atomic mass is 9.74. The van der Waals surface area contributed by atoms with E-state index in [1.54, 1.807) is 9.59 Å². The zero-order chi connectivity index (χ0) is 98.6. The minimum atomic E-state index is -0.0651. The summed E-state index contributed by atoms with van der Waals surface area (Å²) in [6.07, 6.45) is 0. The van der Waals surface area contributed by atoms with Crippen LogP contribution in [0.25, 0.3) is 128 Å².